The molecule has 0 radical (unpaired) electrons. The van der Waals surface area contributed by atoms with Gasteiger partial charge < -0.3 is 5.32 Å². The quantitative estimate of drug-likeness (QED) is 0.853. The molecule has 0 saturated carbocycles. The summed E-state index contributed by atoms with van der Waals surface area (Å²) in [6.45, 7) is 3.71. The molecule has 1 amide bonds. The summed E-state index contributed by atoms with van der Waals surface area (Å²) in [5.41, 5.74) is 0.900. The number of halogens is 1. The van der Waals surface area contributed by atoms with Crippen LogP contribution in [0.5, 0.6) is 0 Å². The number of thiazole rings is 1. The highest BCUT2D eigenvalue weighted by molar-refractivity contribution is 7.80. The first-order chi connectivity index (χ1) is 8.97. The van der Waals surface area contributed by atoms with Gasteiger partial charge in [-0.1, -0.05) is 0 Å². The van der Waals surface area contributed by atoms with Crippen molar-refractivity contribution in [1.29, 1.82) is 0 Å². The van der Waals surface area contributed by atoms with E-state index < -0.39 is 11.7 Å². The topological polar surface area (TPSA) is 42.0 Å². The molecule has 1 N–H and O–H groups in total. The van der Waals surface area contributed by atoms with E-state index in [0.717, 1.165) is 10.7 Å². The van der Waals surface area contributed by atoms with Crippen LogP contribution < -0.4 is 5.32 Å². The Morgan fingerprint density at radius 2 is 2.26 bits per heavy atom. The second kappa shape index (κ2) is 5.71. The van der Waals surface area contributed by atoms with Crippen LogP contribution in [0.1, 0.15) is 34.0 Å². The minimum absolute atomic E-state index is 0.00683. The molecule has 2 aromatic rings. The summed E-state index contributed by atoms with van der Waals surface area (Å²) in [5.74, 6) is -1.02. The van der Waals surface area contributed by atoms with Gasteiger partial charge in [-0.2, -0.15) is 0 Å². The van der Waals surface area contributed by atoms with E-state index in [4.69, 9.17) is 0 Å². The lowest BCUT2D eigenvalue weighted by molar-refractivity contribution is 0.0935. The van der Waals surface area contributed by atoms with Gasteiger partial charge >= 0.3 is 0 Å². The highest BCUT2D eigenvalue weighted by atomic mass is 32.1. The Morgan fingerprint density at radius 1 is 1.53 bits per heavy atom. The van der Waals surface area contributed by atoms with E-state index in [-0.39, 0.29) is 11.6 Å². The van der Waals surface area contributed by atoms with Crippen LogP contribution in [0.2, 0.25) is 0 Å². The molecule has 6 heteroatoms. The number of nitrogens with one attached hydrogen (secondary N) is 1. The predicted octanol–water partition coefficient (Wildman–Crippen LogP) is 3.37. The summed E-state index contributed by atoms with van der Waals surface area (Å²) >= 11 is 5.57. The zero-order valence-corrected chi connectivity index (χ0v) is 12.2. The Hall–Kier alpha value is -1.40. The van der Waals surface area contributed by atoms with Gasteiger partial charge in [0.15, 0.2) is 0 Å². The zero-order valence-electron chi connectivity index (χ0n) is 10.5. The molecule has 0 aliphatic carbocycles. The third kappa shape index (κ3) is 3.33. The van der Waals surface area contributed by atoms with Crippen molar-refractivity contribution < 1.29 is 9.18 Å². The molecule has 1 atom stereocenters. The largest absolute Gasteiger partial charge is 0.343 e. The third-order valence-corrected chi connectivity index (χ3v) is 3.97. The highest BCUT2D eigenvalue weighted by Crippen LogP contribution is 2.19. The Labute approximate surface area is 120 Å². The number of carbonyl (C=O) groups is 1. The van der Waals surface area contributed by atoms with Crippen LogP contribution >= 0.6 is 24.0 Å². The van der Waals surface area contributed by atoms with E-state index >= 15 is 0 Å². The van der Waals surface area contributed by atoms with E-state index in [0.29, 0.717) is 4.90 Å². The van der Waals surface area contributed by atoms with Gasteiger partial charge in [0.25, 0.3) is 5.91 Å². The minimum Gasteiger partial charge on any atom is -0.343 e. The minimum atomic E-state index is -0.558. The molecular weight excluding hydrogens is 283 g/mol. The summed E-state index contributed by atoms with van der Waals surface area (Å²) in [6, 6.07) is 3.89. The van der Waals surface area contributed by atoms with Gasteiger partial charge in [0.05, 0.1) is 11.6 Å². The molecular formula is C13H13FN2OS2. The summed E-state index contributed by atoms with van der Waals surface area (Å²) < 4.78 is 13.6. The van der Waals surface area contributed by atoms with Gasteiger partial charge in [0, 0.05) is 16.0 Å². The van der Waals surface area contributed by atoms with Crippen LogP contribution in [-0.4, -0.2) is 10.9 Å². The summed E-state index contributed by atoms with van der Waals surface area (Å²) in [4.78, 5) is 16.8. The SMILES string of the molecule is Cc1csc(C(C)NC(=O)c2cc(S)ccc2F)n1. The average molecular weight is 296 g/mol. The Morgan fingerprint density at radius 3 is 2.89 bits per heavy atom. The van der Waals surface area contributed by atoms with Crippen LogP contribution in [-0.2, 0) is 0 Å². The van der Waals surface area contributed by atoms with E-state index in [1.54, 1.807) is 0 Å². The first-order valence-electron chi connectivity index (χ1n) is 5.69. The lowest BCUT2D eigenvalue weighted by Gasteiger charge is -2.12. The normalized spacial score (nSPS) is 12.2. The Balaban J connectivity index is 2.15. The number of nitrogens with zero attached hydrogens (tertiary/aromatic N) is 1. The van der Waals surface area contributed by atoms with Gasteiger partial charge in [0.2, 0.25) is 0 Å². The number of hydrogen-bond donors (Lipinski definition) is 2. The highest BCUT2D eigenvalue weighted by Gasteiger charge is 2.17. The number of hydrogen-bond acceptors (Lipinski definition) is 4. The predicted molar refractivity (Wildman–Crippen MR) is 76.4 cm³/mol. The van der Waals surface area contributed by atoms with Gasteiger partial charge in [0.1, 0.15) is 10.8 Å². The van der Waals surface area contributed by atoms with Crippen LogP contribution in [0.3, 0.4) is 0 Å². The van der Waals surface area contributed by atoms with E-state index in [1.165, 1.54) is 29.5 Å². The molecule has 0 saturated heterocycles. The molecule has 0 aliphatic rings. The fourth-order valence-electron chi connectivity index (χ4n) is 1.59. The van der Waals surface area contributed by atoms with E-state index in [1.807, 2.05) is 19.2 Å². The average Bonchev–Trinajstić information content (AvgIpc) is 2.79. The van der Waals surface area contributed by atoms with Crippen LogP contribution in [0.25, 0.3) is 0 Å². The van der Waals surface area contributed by atoms with Crippen molar-refractivity contribution in [3.8, 4) is 0 Å². The van der Waals surface area contributed by atoms with Gasteiger partial charge in [-0.3, -0.25) is 4.79 Å². The molecule has 100 valence electrons. The number of aryl methyl sites for hydroxylation is 1. The molecule has 3 nitrogen and oxygen atoms in total. The molecule has 0 fully saturated rings. The van der Waals surface area contributed by atoms with Crippen LogP contribution in [0.15, 0.2) is 28.5 Å². The standard InChI is InChI=1S/C13H13FN2OS2/c1-7-6-19-13(15-7)8(2)16-12(17)10-5-9(18)3-4-11(10)14/h3-6,8,18H,1-2H3,(H,16,17). The fraction of sp³-hybridized carbons (Fsp3) is 0.231. The smallest absolute Gasteiger partial charge is 0.254 e. The maximum atomic E-state index is 13.6. The monoisotopic (exact) mass is 296 g/mol. The third-order valence-electron chi connectivity index (χ3n) is 2.55. The summed E-state index contributed by atoms with van der Waals surface area (Å²) in [6.07, 6.45) is 0. The molecule has 1 unspecified atom stereocenters. The van der Waals surface area contributed by atoms with Gasteiger partial charge in [-0.05, 0) is 32.0 Å². The first-order valence-corrected chi connectivity index (χ1v) is 7.01. The number of carbonyl (C=O) groups excluding carboxylic acids is 1. The number of aromatic nitrogens is 1. The number of amides is 1. The van der Waals surface area contributed by atoms with Crippen LogP contribution in [0.4, 0.5) is 4.39 Å². The maximum Gasteiger partial charge on any atom is 0.254 e. The Bertz CT molecular complexity index is 612. The summed E-state index contributed by atoms with van der Waals surface area (Å²) in [5, 5.41) is 5.44. The summed E-state index contributed by atoms with van der Waals surface area (Å²) in [7, 11) is 0. The van der Waals surface area contributed by atoms with E-state index in [2.05, 4.69) is 22.9 Å². The maximum absolute atomic E-state index is 13.6. The van der Waals surface area contributed by atoms with Crippen LogP contribution in [0, 0.1) is 12.7 Å². The van der Waals surface area contributed by atoms with Crippen molar-refractivity contribution in [3.63, 3.8) is 0 Å². The van der Waals surface area contributed by atoms with Crippen molar-refractivity contribution in [2.24, 2.45) is 0 Å². The van der Waals surface area contributed by atoms with Gasteiger partial charge in [-0.15, -0.1) is 24.0 Å². The van der Waals surface area contributed by atoms with Crippen molar-refractivity contribution in [3.05, 3.63) is 45.7 Å². The number of benzene rings is 1. The van der Waals surface area contributed by atoms with Crippen molar-refractivity contribution in [2.75, 3.05) is 0 Å². The molecule has 2 rings (SSSR count). The molecule has 1 aromatic carbocycles. The number of rotatable bonds is 3. The molecule has 0 spiro atoms. The second-order valence-corrected chi connectivity index (χ2v) is 5.59. The lowest BCUT2D eigenvalue weighted by Crippen LogP contribution is -2.27. The van der Waals surface area contributed by atoms with Crippen molar-refractivity contribution in [1.82, 2.24) is 10.3 Å². The fourth-order valence-corrected chi connectivity index (χ4v) is 2.60. The molecule has 1 aromatic heterocycles. The van der Waals surface area contributed by atoms with E-state index in [9.17, 15) is 9.18 Å². The van der Waals surface area contributed by atoms with Gasteiger partial charge in [-0.25, -0.2) is 9.37 Å². The molecule has 0 bridgehead atoms. The van der Waals surface area contributed by atoms with Crippen molar-refractivity contribution in [2.45, 2.75) is 24.8 Å². The molecule has 1 heterocycles. The van der Waals surface area contributed by atoms with Crippen molar-refractivity contribution >= 4 is 29.9 Å². The Kier molecular flexibility index (Phi) is 4.21. The zero-order chi connectivity index (χ0) is 14.0. The lowest BCUT2D eigenvalue weighted by atomic mass is 10.2. The molecule has 19 heavy (non-hydrogen) atoms. The number of thiol groups is 1. The second-order valence-electron chi connectivity index (χ2n) is 4.19. The first kappa shape index (κ1) is 14.0. The molecule has 0 aliphatic heterocycles.